The van der Waals surface area contributed by atoms with Gasteiger partial charge in [-0.05, 0) is 37.3 Å². The molecule has 0 aromatic heterocycles. The van der Waals surface area contributed by atoms with Crippen molar-refractivity contribution in [2.24, 2.45) is 5.41 Å². The van der Waals surface area contributed by atoms with Crippen LogP contribution >= 0.6 is 0 Å². The lowest BCUT2D eigenvalue weighted by Crippen LogP contribution is -2.37. The summed E-state index contributed by atoms with van der Waals surface area (Å²) in [5.74, 6) is 0.0355. The first kappa shape index (κ1) is 14.9. The monoisotopic (exact) mass is 274 g/mol. The van der Waals surface area contributed by atoms with Crippen molar-refractivity contribution in [3.05, 3.63) is 29.8 Å². The lowest BCUT2D eigenvalue weighted by Gasteiger charge is -2.33. The van der Waals surface area contributed by atoms with E-state index in [9.17, 15) is 4.79 Å². The van der Waals surface area contributed by atoms with Crippen molar-refractivity contribution in [2.45, 2.75) is 46.0 Å². The van der Waals surface area contributed by atoms with Gasteiger partial charge in [-0.1, -0.05) is 38.3 Å². The molecule has 2 N–H and O–H groups in total. The van der Waals surface area contributed by atoms with Gasteiger partial charge in [0.1, 0.15) is 0 Å². The molecule has 0 bridgehead atoms. The van der Waals surface area contributed by atoms with Crippen LogP contribution in [0.3, 0.4) is 0 Å². The van der Waals surface area contributed by atoms with Crippen molar-refractivity contribution < 1.29 is 4.79 Å². The predicted molar refractivity (Wildman–Crippen MR) is 84.1 cm³/mol. The summed E-state index contributed by atoms with van der Waals surface area (Å²) in [4.78, 5) is 12.4. The molecular weight excluding hydrogens is 248 g/mol. The summed E-state index contributed by atoms with van der Waals surface area (Å²) >= 11 is 0. The lowest BCUT2D eigenvalue weighted by atomic mass is 9.76. The SMILES string of the molecule is CCNc1ccccc1C(=O)NCC1(C)CCCCC1. The third-order valence-electron chi connectivity index (χ3n) is 4.28. The Balaban J connectivity index is 1.98. The number of rotatable bonds is 5. The van der Waals surface area contributed by atoms with Crippen LogP contribution in [-0.2, 0) is 0 Å². The lowest BCUT2D eigenvalue weighted by molar-refractivity contribution is 0.0920. The van der Waals surface area contributed by atoms with Crippen LogP contribution < -0.4 is 10.6 Å². The Morgan fingerprint density at radius 1 is 1.20 bits per heavy atom. The molecule has 0 spiro atoms. The minimum Gasteiger partial charge on any atom is -0.385 e. The fraction of sp³-hybridized carbons (Fsp3) is 0.588. The molecule has 1 aliphatic rings. The third-order valence-corrected chi connectivity index (χ3v) is 4.28. The maximum absolute atomic E-state index is 12.4. The number of nitrogens with one attached hydrogen (secondary N) is 2. The number of amides is 1. The molecule has 0 radical (unpaired) electrons. The highest BCUT2D eigenvalue weighted by Crippen LogP contribution is 2.35. The Hall–Kier alpha value is -1.51. The molecule has 0 atom stereocenters. The number of hydrogen-bond acceptors (Lipinski definition) is 2. The molecular formula is C17H26N2O. The maximum Gasteiger partial charge on any atom is 0.253 e. The van der Waals surface area contributed by atoms with E-state index in [1.54, 1.807) is 0 Å². The van der Waals surface area contributed by atoms with Crippen LogP contribution in [-0.4, -0.2) is 19.0 Å². The van der Waals surface area contributed by atoms with Crippen LogP contribution in [0.15, 0.2) is 24.3 Å². The van der Waals surface area contributed by atoms with E-state index in [-0.39, 0.29) is 11.3 Å². The van der Waals surface area contributed by atoms with Crippen molar-refractivity contribution in [2.75, 3.05) is 18.4 Å². The molecule has 20 heavy (non-hydrogen) atoms. The van der Waals surface area contributed by atoms with E-state index < -0.39 is 0 Å². The fourth-order valence-corrected chi connectivity index (χ4v) is 3.00. The molecule has 3 heteroatoms. The molecule has 1 fully saturated rings. The summed E-state index contributed by atoms with van der Waals surface area (Å²) in [6.45, 7) is 5.94. The van der Waals surface area contributed by atoms with Crippen molar-refractivity contribution >= 4 is 11.6 Å². The van der Waals surface area contributed by atoms with Gasteiger partial charge in [-0.3, -0.25) is 4.79 Å². The zero-order chi connectivity index (χ0) is 14.4. The van der Waals surface area contributed by atoms with Gasteiger partial charge < -0.3 is 10.6 Å². The van der Waals surface area contributed by atoms with Gasteiger partial charge >= 0.3 is 0 Å². The van der Waals surface area contributed by atoms with Gasteiger partial charge in [0.15, 0.2) is 0 Å². The summed E-state index contributed by atoms with van der Waals surface area (Å²) in [6.07, 6.45) is 6.37. The average molecular weight is 274 g/mol. The fourth-order valence-electron chi connectivity index (χ4n) is 3.00. The molecule has 1 aromatic rings. The van der Waals surface area contributed by atoms with Gasteiger partial charge in [0.05, 0.1) is 5.56 Å². The zero-order valence-electron chi connectivity index (χ0n) is 12.7. The standard InChI is InChI=1S/C17H26N2O/c1-3-18-15-10-6-5-9-14(15)16(20)19-13-17(2)11-7-4-8-12-17/h5-6,9-10,18H,3-4,7-8,11-13H2,1-2H3,(H,19,20). The quantitative estimate of drug-likeness (QED) is 0.857. The van der Waals surface area contributed by atoms with E-state index in [0.29, 0.717) is 0 Å². The van der Waals surface area contributed by atoms with Crippen molar-refractivity contribution in [1.29, 1.82) is 0 Å². The second-order valence-corrected chi connectivity index (χ2v) is 6.13. The highest BCUT2D eigenvalue weighted by molar-refractivity contribution is 5.99. The van der Waals surface area contributed by atoms with Gasteiger partial charge in [-0.2, -0.15) is 0 Å². The van der Waals surface area contributed by atoms with E-state index in [4.69, 9.17) is 0 Å². The smallest absolute Gasteiger partial charge is 0.253 e. The van der Waals surface area contributed by atoms with Gasteiger partial charge in [-0.25, -0.2) is 0 Å². The third kappa shape index (κ3) is 3.75. The molecule has 0 aliphatic heterocycles. The molecule has 0 unspecified atom stereocenters. The topological polar surface area (TPSA) is 41.1 Å². The van der Waals surface area contributed by atoms with Crippen LogP contribution in [0.4, 0.5) is 5.69 Å². The van der Waals surface area contributed by atoms with E-state index in [1.807, 2.05) is 31.2 Å². The molecule has 1 amide bonds. The van der Waals surface area contributed by atoms with E-state index in [0.717, 1.165) is 24.3 Å². The predicted octanol–water partition coefficient (Wildman–Crippen LogP) is 3.82. The number of hydrogen-bond donors (Lipinski definition) is 2. The Bertz CT molecular complexity index is 450. The summed E-state index contributed by atoms with van der Waals surface area (Å²) in [6, 6.07) is 7.71. The molecule has 1 aromatic carbocycles. The molecule has 2 rings (SSSR count). The van der Waals surface area contributed by atoms with Crippen LogP contribution in [0.25, 0.3) is 0 Å². The van der Waals surface area contributed by atoms with Crippen molar-refractivity contribution in [3.8, 4) is 0 Å². The number of benzene rings is 1. The molecule has 0 heterocycles. The highest BCUT2D eigenvalue weighted by Gasteiger charge is 2.27. The molecule has 0 saturated heterocycles. The minimum absolute atomic E-state index is 0.0355. The summed E-state index contributed by atoms with van der Waals surface area (Å²) in [7, 11) is 0. The Morgan fingerprint density at radius 3 is 2.60 bits per heavy atom. The van der Waals surface area contributed by atoms with Crippen LogP contribution in [0.5, 0.6) is 0 Å². The first-order chi connectivity index (χ1) is 9.64. The number of carbonyl (C=O) groups excluding carboxylic acids is 1. The van der Waals surface area contributed by atoms with E-state index in [1.165, 1.54) is 32.1 Å². The number of carbonyl (C=O) groups is 1. The second kappa shape index (κ2) is 6.78. The first-order valence-electron chi connectivity index (χ1n) is 7.76. The maximum atomic E-state index is 12.4. The number of anilines is 1. The van der Waals surface area contributed by atoms with Gasteiger partial charge in [-0.15, -0.1) is 0 Å². The van der Waals surface area contributed by atoms with Gasteiger partial charge in [0, 0.05) is 18.8 Å². The first-order valence-corrected chi connectivity index (χ1v) is 7.76. The van der Waals surface area contributed by atoms with E-state index in [2.05, 4.69) is 17.6 Å². The second-order valence-electron chi connectivity index (χ2n) is 6.13. The van der Waals surface area contributed by atoms with Gasteiger partial charge in [0.2, 0.25) is 0 Å². The minimum atomic E-state index is 0.0355. The highest BCUT2D eigenvalue weighted by atomic mass is 16.1. The van der Waals surface area contributed by atoms with E-state index >= 15 is 0 Å². The van der Waals surface area contributed by atoms with Gasteiger partial charge in [0.25, 0.3) is 5.91 Å². The van der Waals surface area contributed by atoms with Crippen LogP contribution in [0.2, 0.25) is 0 Å². The Morgan fingerprint density at radius 2 is 1.90 bits per heavy atom. The summed E-state index contributed by atoms with van der Waals surface area (Å²) in [5.41, 5.74) is 1.94. The molecule has 110 valence electrons. The summed E-state index contributed by atoms with van der Waals surface area (Å²) in [5, 5.41) is 6.37. The summed E-state index contributed by atoms with van der Waals surface area (Å²) < 4.78 is 0. The Kier molecular flexibility index (Phi) is 5.05. The molecule has 3 nitrogen and oxygen atoms in total. The molecule has 1 saturated carbocycles. The van der Waals surface area contributed by atoms with Crippen LogP contribution in [0.1, 0.15) is 56.3 Å². The average Bonchev–Trinajstić information content (AvgIpc) is 2.47. The van der Waals surface area contributed by atoms with Crippen molar-refractivity contribution in [3.63, 3.8) is 0 Å². The van der Waals surface area contributed by atoms with Crippen LogP contribution in [0, 0.1) is 5.41 Å². The normalized spacial score (nSPS) is 17.5. The molecule has 1 aliphatic carbocycles. The zero-order valence-corrected chi connectivity index (χ0v) is 12.7. The van der Waals surface area contributed by atoms with Crippen molar-refractivity contribution in [1.82, 2.24) is 5.32 Å². The largest absolute Gasteiger partial charge is 0.385 e. The number of para-hydroxylation sites is 1. The Labute approximate surface area is 122 Å².